The molecule has 3 heteroatoms. The summed E-state index contributed by atoms with van der Waals surface area (Å²) in [5.74, 6) is 0. The predicted octanol–water partition coefficient (Wildman–Crippen LogP) is -3.94. The van der Waals surface area contributed by atoms with E-state index in [0.717, 1.165) is 6.42 Å². The van der Waals surface area contributed by atoms with Gasteiger partial charge in [0.1, 0.15) is 0 Å². The van der Waals surface area contributed by atoms with Crippen LogP contribution in [0.1, 0.15) is 6.42 Å². The maximum atomic E-state index is 2.12. The Morgan fingerprint density at radius 1 is 0.700 bits per heavy atom. The summed E-state index contributed by atoms with van der Waals surface area (Å²) < 4.78 is 0. The molecule has 0 aromatic carbocycles. The fraction of sp³-hybridized carbons (Fsp3) is 0.143. The Hall–Kier alpha value is 0.423. The number of allylic oxidation sites excluding steroid dienone is 6. The Morgan fingerprint density at radius 3 is 1.50 bits per heavy atom. The topological polar surface area (TPSA) is 0 Å². The third-order valence-electron chi connectivity index (χ3n) is 0.878. The molecule has 0 bridgehead atoms. The zero-order valence-corrected chi connectivity index (χ0v) is 8.53. The minimum absolute atomic E-state index is 0. The molecule has 58 valence electrons. The second-order valence-electron chi connectivity index (χ2n) is 1.48. The zero-order chi connectivity index (χ0) is 4.95. The van der Waals surface area contributed by atoms with Crippen molar-refractivity contribution in [3.63, 3.8) is 0 Å². The van der Waals surface area contributed by atoms with Crippen LogP contribution in [0, 0.1) is 0 Å². The van der Waals surface area contributed by atoms with Crippen LogP contribution in [-0.2, 0) is 19.5 Å². The monoisotopic (exact) mass is 264 g/mol. The Balaban J connectivity index is -0.000000163. The summed E-state index contributed by atoms with van der Waals surface area (Å²) >= 11 is 0. The average molecular weight is 264 g/mol. The van der Waals surface area contributed by atoms with E-state index in [4.69, 9.17) is 0 Å². The molecule has 0 atom stereocenters. The predicted molar refractivity (Wildman–Crippen MR) is 32.0 cm³/mol. The Bertz CT molecular complexity index is 114. The number of halogens is 2. The van der Waals surface area contributed by atoms with Gasteiger partial charge in [0.05, 0.1) is 0 Å². The molecule has 1 aliphatic carbocycles. The minimum Gasteiger partial charge on any atom is -1.00 e. The van der Waals surface area contributed by atoms with E-state index in [2.05, 4.69) is 24.3 Å². The van der Waals surface area contributed by atoms with Crippen LogP contribution < -0.4 is 24.8 Å². The quantitative estimate of drug-likeness (QED) is 0.392. The Kier molecular flexibility index (Phi) is 20.4. The van der Waals surface area contributed by atoms with E-state index in [-0.39, 0.29) is 44.3 Å². The average Bonchev–Trinajstić information content (AvgIpc) is 1.90. The van der Waals surface area contributed by atoms with Crippen molar-refractivity contribution >= 4 is 0 Å². The van der Waals surface area contributed by atoms with Crippen LogP contribution in [0.4, 0.5) is 0 Å². The molecule has 0 aromatic rings. The van der Waals surface area contributed by atoms with Gasteiger partial charge >= 0.3 is 19.5 Å². The first-order valence-electron chi connectivity index (χ1n) is 2.48. The van der Waals surface area contributed by atoms with E-state index in [1.165, 1.54) is 0 Å². The van der Waals surface area contributed by atoms with Crippen molar-refractivity contribution < 1.29 is 44.3 Å². The molecule has 0 radical (unpaired) electrons. The van der Waals surface area contributed by atoms with Crippen LogP contribution in [0.15, 0.2) is 36.5 Å². The van der Waals surface area contributed by atoms with Crippen LogP contribution in [0.5, 0.6) is 0 Å². The van der Waals surface area contributed by atoms with E-state index in [1.807, 2.05) is 12.2 Å². The summed E-state index contributed by atoms with van der Waals surface area (Å²) in [6.45, 7) is 0. The summed E-state index contributed by atoms with van der Waals surface area (Å²) in [5, 5.41) is 0. The third kappa shape index (κ3) is 8.42. The van der Waals surface area contributed by atoms with Gasteiger partial charge in [-0.25, -0.2) is 0 Å². The smallest absolute Gasteiger partial charge is 1.00 e. The second kappa shape index (κ2) is 12.1. The van der Waals surface area contributed by atoms with Crippen molar-refractivity contribution in [2.75, 3.05) is 0 Å². The molecule has 0 saturated carbocycles. The standard InChI is InChI=1S/C7H8.2ClH.Ru/c1-2-4-6-7-5-3-1;;;/h1-6H,7H2;2*1H;/q;;;+2/p-2. The number of hydrogen-bond acceptors (Lipinski definition) is 0. The van der Waals surface area contributed by atoms with E-state index in [1.54, 1.807) is 0 Å². The molecule has 0 unspecified atom stereocenters. The van der Waals surface area contributed by atoms with E-state index in [9.17, 15) is 0 Å². The molecule has 0 spiro atoms. The van der Waals surface area contributed by atoms with Crippen molar-refractivity contribution in [1.82, 2.24) is 0 Å². The van der Waals surface area contributed by atoms with Gasteiger partial charge in [-0.05, 0) is 6.42 Å². The van der Waals surface area contributed by atoms with Gasteiger partial charge in [0.2, 0.25) is 0 Å². The molecule has 0 aromatic heterocycles. The summed E-state index contributed by atoms with van der Waals surface area (Å²) in [6, 6.07) is 0. The summed E-state index contributed by atoms with van der Waals surface area (Å²) in [6.07, 6.45) is 13.5. The fourth-order valence-electron chi connectivity index (χ4n) is 0.521. The first kappa shape index (κ1) is 16.8. The Labute approximate surface area is 87.0 Å². The molecule has 1 aliphatic rings. The second-order valence-corrected chi connectivity index (χ2v) is 1.48. The molecule has 0 N–H and O–H groups in total. The molecular formula is C7H8Cl2Ru. The van der Waals surface area contributed by atoms with Gasteiger partial charge in [0.15, 0.2) is 0 Å². The van der Waals surface area contributed by atoms with E-state index < -0.39 is 0 Å². The summed E-state index contributed by atoms with van der Waals surface area (Å²) in [7, 11) is 0. The maximum absolute atomic E-state index is 2.12. The van der Waals surface area contributed by atoms with E-state index in [0.29, 0.717) is 0 Å². The van der Waals surface area contributed by atoms with Gasteiger partial charge in [0, 0.05) is 0 Å². The molecule has 0 aliphatic heterocycles. The van der Waals surface area contributed by atoms with Crippen molar-refractivity contribution in [3.05, 3.63) is 36.5 Å². The molecule has 0 saturated heterocycles. The van der Waals surface area contributed by atoms with Crippen LogP contribution in [-0.4, -0.2) is 0 Å². The van der Waals surface area contributed by atoms with Crippen molar-refractivity contribution in [1.29, 1.82) is 0 Å². The molecule has 0 amide bonds. The number of hydrogen-bond donors (Lipinski definition) is 0. The van der Waals surface area contributed by atoms with Crippen molar-refractivity contribution in [2.24, 2.45) is 0 Å². The Morgan fingerprint density at radius 2 is 1.10 bits per heavy atom. The zero-order valence-electron chi connectivity index (χ0n) is 5.28. The largest absolute Gasteiger partial charge is 2.00 e. The maximum Gasteiger partial charge on any atom is 2.00 e. The first-order chi connectivity index (χ1) is 3.50. The molecular weight excluding hydrogens is 256 g/mol. The van der Waals surface area contributed by atoms with Gasteiger partial charge in [-0.1, -0.05) is 36.5 Å². The summed E-state index contributed by atoms with van der Waals surface area (Å²) in [5.41, 5.74) is 0. The van der Waals surface area contributed by atoms with Gasteiger partial charge in [-0.15, -0.1) is 0 Å². The van der Waals surface area contributed by atoms with Crippen molar-refractivity contribution in [2.45, 2.75) is 6.42 Å². The first-order valence-corrected chi connectivity index (χ1v) is 2.48. The molecule has 1 rings (SSSR count). The van der Waals surface area contributed by atoms with E-state index >= 15 is 0 Å². The minimum atomic E-state index is 0. The molecule has 0 nitrogen and oxygen atoms in total. The van der Waals surface area contributed by atoms with Gasteiger partial charge in [-0.3, -0.25) is 0 Å². The molecule has 0 heterocycles. The van der Waals surface area contributed by atoms with Gasteiger partial charge in [-0.2, -0.15) is 0 Å². The molecule has 0 fully saturated rings. The summed E-state index contributed by atoms with van der Waals surface area (Å²) in [4.78, 5) is 0. The van der Waals surface area contributed by atoms with Crippen LogP contribution in [0.25, 0.3) is 0 Å². The van der Waals surface area contributed by atoms with Crippen LogP contribution in [0.2, 0.25) is 0 Å². The van der Waals surface area contributed by atoms with Crippen LogP contribution >= 0.6 is 0 Å². The number of rotatable bonds is 0. The van der Waals surface area contributed by atoms with Crippen molar-refractivity contribution in [3.8, 4) is 0 Å². The SMILES string of the molecule is C1=CC=CCC=C1.[Cl-].[Cl-].[Ru+2]. The molecule has 10 heavy (non-hydrogen) atoms. The fourth-order valence-corrected chi connectivity index (χ4v) is 0.521. The van der Waals surface area contributed by atoms with Gasteiger partial charge in [0.25, 0.3) is 0 Å². The third-order valence-corrected chi connectivity index (χ3v) is 0.878. The van der Waals surface area contributed by atoms with Crippen LogP contribution in [0.3, 0.4) is 0 Å². The van der Waals surface area contributed by atoms with Gasteiger partial charge < -0.3 is 24.8 Å². The normalized spacial score (nSPS) is 12.0.